The zero-order chi connectivity index (χ0) is 14.2. The summed E-state index contributed by atoms with van der Waals surface area (Å²) in [6.07, 6.45) is 12.3. The highest BCUT2D eigenvalue weighted by molar-refractivity contribution is 6.76. The second-order valence-electron chi connectivity index (χ2n) is 7.12. The Morgan fingerprint density at radius 1 is 1.10 bits per heavy atom. The molecule has 4 heteroatoms. The van der Waals surface area contributed by atoms with Gasteiger partial charge >= 0.3 is 0 Å². The Morgan fingerprint density at radius 3 is 2.40 bits per heavy atom. The highest BCUT2D eigenvalue weighted by Crippen LogP contribution is 2.53. The summed E-state index contributed by atoms with van der Waals surface area (Å²) < 4.78 is 2.71. The van der Waals surface area contributed by atoms with Crippen LogP contribution in [0.4, 0.5) is 0 Å². The van der Waals surface area contributed by atoms with Crippen molar-refractivity contribution in [1.82, 2.24) is 15.2 Å². The normalized spacial score (nSPS) is 38.1. The average molecular weight is 292 g/mol. The first-order valence-electron chi connectivity index (χ1n) is 8.16. The van der Waals surface area contributed by atoms with E-state index >= 15 is 0 Å². The summed E-state index contributed by atoms with van der Waals surface area (Å²) in [5.74, 6) is 2.48. The lowest BCUT2D eigenvalue weighted by atomic mass is 9.85. The molecule has 1 aliphatic heterocycles. The smallest absolute Gasteiger partial charge is 0.128 e. The molecule has 3 rings (SSSR count). The van der Waals surface area contributed by atoms with Crippen molar-refractivity contribution in [3.63, 3.8) is 0 Å². The number of allylic oxidation sites excluding steroid dienone is 4. The van der Waals surface area contributed by atoms with E-state index in [4.69, 9.17) is 0 Å². The largest absolute Gasteiger partial charge is 0.299 e. The van der Waals surface area contributed by atoms with Gasteiger partial charge in [0.2, 0.25) is 0 Å². The molecule has 0 radical (unpaired) electrons. The first-order valence-corrected chi connectivity index (χ1v) is 11.2. The lowest BCUT2D eigenvalue weighted by molar-refractivity contribution is 0.283. The SMILES string of the molecule is CCC1CC([Si](C)(C)N2CNCNC2)C2C=CC=CC12. The summed E-state index contributed by atoms with van der Waals surface area (Å²) in [4.78, 5) is 0. The van der Waals surface area contributed by atoms with Gasteiger partial charge in [0.15, 0.2) is 0 Å². The minimum Gasteiger partial charge on any atom is -0.299 e. The van der Waals surface area contributed by atoms with Crippen molar-refractivity contribution >= 4 is 8.24 Å². The van der Waals surface area contributed by atoms with Crippen molar-refractivity contribution in [2.75, 3.05) is 20.0 Å². The van der Waals surface area contributed by atoms with Gasteiger partial charge in [-0.15, -0.1) is 0 Å². The van der Waals surface area contributed by atoms with Gasteiger partial charge < -0.3 is 0 Å². The highest BCUT2D eigenvalue weighted by atomic mass is 28.3. The van der Waals surface area contributed by atoms with E-state index in [9.17, 15) is 0 Å². The number of hydrogen-bond acceptors (Lipinski definition) is 3. The van der Waals surface area contributed by atoms with Crippen LogP contribution in [0.1, 0.15) is 19.8 Å². The molecule has 0 aromatic carbocycles. The standard InChI is InChI=1S/C16H29N3Si/c1-4-13-9-16(15-8-6-5-7-14(13)15)20(2,3)19-11-17-10-18-12-19/h5-8,13-18H,4,9-12H2,1-3H3. The van der Waals surface area contributed by atoms with Gasteiger partial charge in [-0.05, 0) is 29.7 Å². The predicted octanol–water partition coefficient (Wildman–Crippen LogP) is 2.72. The third kappa shape index (κ3) is 2.43. The summed E-state index contributed by atoms with van der Waals surface area (Å²) in [5, 5.41) is 6.96. The van der Waals surface area contributed by atoms with Crippen molar-refractivity contribution in [1.29, 1.82) is 0 Å². The van der Waals surface area contributed by atoms with Crippen molar-refractivity contribution in [2.45, 2.75) is 38.4 Å². The van der Waals surface area contributed by atoms with Crippen molar-refractivity contribution in [2.24, 2.45) is 17.8 Å². The van der Waals surface area contributed by atoms with Crippen LogP contribution in [0.5, 0.6) is 0 Å². The van der Waals surface area contributed by atoms with E-state index in [1.165, 1.54) is 12.8 Å². The van der Waals surface area contributed by atoms with Crippen LogP contribution in [0.15, 0.2) is 24.3 Å². The van der Waals surface area contributed by atoms with Crippen LogP contribution in [-0.2, 0) is 0 Å². The van der Waals surface area contributed by atoms with E-state index in [1.54, 1.807) is 0 Å². The fourth-order valence-electron chi connectivity index (χ4n) is 4.52. The Balaban J connectivity index is 1.81. The number of nitrogens with zero attached hydrogens (tertiary/aromatic N) is 1. The van der Waals surface area contributed by atoms with Gasteiger partial charge in [-0.1, -0.05) is 50.7 Å². The molecule has 0 aromatic rings. The Morgan fingerprint density at radius 2 is 1.75 bits per heavy atom. The average Bonchev–Trinajstić information content (AvgIpc) is 2.88. The summed E-state index contributed by atoms with van der Waals surface area (Å²) >= 11 is 0. The van der Waals surface area contributed by atoms with Crippen LogP contribution in [0.2, 0.25) is 18.6 Å². The second kappa shape index (κ2) is 5.76. The van der Waals surface area contributed by atoms with Crippen LogP contribution in [0, 0.1) is 17.8 Å². The molecule has 3 nitrogen and oxygen atoms in total. The molecule has 2 fully saturated rings. The molecule has 0 amide bonds. The van der Waals surface area contributed by atoms with Crippen LogP contribution >= 0.6 is 0 Å². The lowest BCUT2D eigenvalue weighted by Gasteiger charge is -2.45. The van der Waals surface area contributed by atoms with E-state index in [0.29, 0.717) is 0 Å². The molecule has 3 aliphatic rings. The Labute approximate surface area is 124 Å². The number of hydrogen-bond donors (Lipinski definition) is 2. The topological polar surface area (TPSA) is 27.3 Å². The fraction of sp³-hybridized carbons (Fsp3) is 0.750. The maximum absolute atomic E-state index is 3.48. The second-order valence-corrected chi connectivity index (χ2v) is 11.8. The quantitative estimate of drug-likeness (QED) is 0.783. The van der Waals surface area contributed by atoms with E-state index in [0.717, 1.165) is 43.3 Å². The maximum atomic E-state index is 3.48. The molecule has 112 valence electrons. The molecular weight excluding hydrogens is 262 g/mol. The lowest BCUT2D eigenvalue weighted by Crippen LogP contribution is -2.63. The van der Waals surface area contributed by atoms with Crippen LogP contribution < -0.4 is 10.6 Å². The number of fused-ring (bicyclic) bond motifs is 1. The summed E-state index contributed by atoms with van der Waals surface area (Å²) in [5.41, 5.74) is 0.889. The Bertz CT molecular complexity index is 399. The molecule has 4 atom stereocenters. The van der Waals surface area contributed by atoms with Crippen LogP contribution in [0.3, 0.4) is 0 Å². The molecule has 1 heterocycles. The maximum Gasteiger partial charge on any atom is 0.128 e. The molecule has 1 saturated carbocycles. The van der Waals surface area contributed by atoms with Gasteiger partial charge in [0.05, 0.1) is 0 Å². The van der Waals surface area contributed by atoms with Crippen molar-refractivity contribution < 1.29 is 0 Å². The minimum atomic E-state index is -1.41. The molecule has 2 N–H and O–H groups in total. The van der Waals surface area contributed by atoms with Gasteiger partial charge in [0.1, 0.15) is 8.24 Å². The minimum absolute atomic E-state index is 0.786. The van der Waals surface area contributed by atoms with E-state index < -0.39 is 8.24 Å². The summed E-state index contributed by atoms with van der Waals surface area (Å²) in [6.45, 7) is 10.6. The predicted molar refractivity (Wildman–Crippen MR) is 87.6 cm³/mol. The zero-order valence-corrected chi connectivity index (χ0v) is 14.1. The van der Waals surface area contributed by atoms with E-state index in [1.807, 2.05) is 0 Å². The Kier molecular flexibility index (Phi) is 4.18. The molecule has 4 unspecified atom stereocenters. The first kappa shape index (κ1) is 14.5. The van der Waals surface area contributed by atoms with Gasteiger partial charge in [0, 0.05) is 20.0 Å². The molecule has 1 saturated heterocycles. The van der Waals surface area contributed by atoms with Gasteiger partial charge in [0.25, 0.3) is 0 Å². The number of rotatable bonds is 3. The summed E-state index contributed by atoms with van der Waals surface area (Å²) in [6, 6.07) is 0. The zero-order valence-electron chi connectivity index (χ0n) is 13.1. The summed E-state index contributed by atoms with van der Waals surface area (Å²) in [7, 11) is -1.41. The third-order valence-electron chi connectivity index (χ3n) is 5.89. The van der Waals surface area contributed by atoms with E-state index in [2.05, 4.69) is 59.5 Å². The monoisotopic (exact) mass is 291 g/mol. The van der Waals surface area contributed by atoms with Crippen molar-refractivity contribution in [3.8, 4) is 0 Å². The van der Waals surface area contributed by atoms with E-state index in [-0.39, 0.29) is 0 Å². The van der Waals surface area contributed by atoms with Crippen molar-refractivity contribution in [3.05, 3.63) is 24.3 Å². The molecule has 2 aliphatic carbocycles. The van der Waals surface area contributed by atoms with Crippen LogP contribution in [-0.4, -0.2) is 32.8 Å². The van der Waals surface area contributed by atoms with Gasteiger partial charge in [-0.2, -0.15) is 0 Å². The molecular formula is C16H29N3Si. The Hall–Kier alpha value is -0.423. The third-order valence-corrected chi connectivity index (χ3v) is 10.3. The molecule has 0 aromatic heterocycles. The molecule has 0 bridgehead atoms. The van der Waals surface area contributed by atoms with Gasteiger partial charge in [-0.25, -0.2) is 0 Å². The fourth-order valence-corrected chi connectivity index (χ4v) is 8.18. The molecule has 20 heavy (non-hydrogen) atoms. The number of nitrogens with one attached hydrogen (secondary N) is 2. The highest BCUT2D eigenvalue weighted by Gasteiger charge is 2.50. The van der Waals surface area contributed by atoms with Crippen LogP contribution in [0.25, 0.3) is 0 Å². The van der Waals surface area contributed by atoms with Gasteiger partial charge in [-0.3, -0.25) is 15.2 Å². The molecule has 0 spiro atoms. The first-order chi connectivity index (χ1) is 9.64.